The highest BCUT2D eigenvalue weighted by Crippen LogP contribution is 2.32. The van der Waals surface area contributed by atoms with E-state index in [1.54, 1.807) is 0 Å². The smallest absolute Gasteiger partial charge is 0.240 e. The van der Waals surface area contributed by atoms with E-state index in [1.807, 2.05) is 55.5 Å². The zero-order valence-corrected chi connectivity index (χ0v) is 14.9. The maximum absolute atomic E-state index is 12.4. The van der Waals surface area contributed by atoms with Gasteiger partial charge < -0.3 is 19.7 Å². The molecule has 0 saturated carbocycles. The molecule has 6 nitrogen and oxygen atoms in total. The minimum Gasteiger partial charge on any atom is -0.454 e. The average Bonchev–Trinajstić information content (AvgIpc) is 3.09. The molecule has 1 aliphatic rings. The molecule has 136 valence electrons. The van der Waals surface area contributed by atoms with E-state index in [0.29, 0.717) is 18.0 Å². The van der Waals surface area contributed by atoms with Crippen LogP contribution in [0.4, 0.5) is 0 Å². The summed E-state index contributed by atoms with van der Waals surface area (Å²) in [5.41, 5.74) is 1.90. The summed E-state index contributed by atoms with van der Waals surface area (Å²) in [6.07, 6.45) is 0. The van der Waals surface area contributed by atoms with Gasteiger partial charge in [0.15, 0.2) is 11.5 Å². The Balaban J connectivity index is 1.61. The van der Waals surface area contributed by atoms with Crippen molar-refractivity contribution in [2.45, 2.75) is 26.4 Å². The highest BCUT2D eigenvalue weighted by atomic mass is 16.7. The highest BCUT2D eigenvalue weighted by Gasteiger charge is 2.18. The number of rotatable bonds is 6. The van der Waals surface area contributed by atoms with Gasteiger partial charge in [0.25, 0.3) is 0 Å². The van der Waals surface area contributed by atoms with Crippen LogP contribution >= 0.6 is 0 Å². The molecular formula is C20H22N2O4. The lowest BCUT2D eigenvalue weighted by Gasteiger charge is -2.22. The van der Waals surface area contributed by atoms with Gasteiger partial charge in [0.05, 0.1) is 12.6 Å². The average molecular weight is 354 g/mol. The minimum atomic E-state index is -0.197. The Morgan fingerprint density at radius 3 is 2.58 bits per heavy atom. The summed E-state index contributed by atoms with van der Waals surface area (Å²) >= 11 is 0. The molecule has 1 unspecified atom stereocenters. The van der Waals surface area contributed by atoms with Crippen molar-refractivity contribution in [2.75, 3.05) is 13.3 Å². The normalized spacial score (nSPS) is 13.2. The summed E-state index contributed by atoms with van der Waals surface area (Å²) in [6.45, 7) is 3.92. The van der Waals surface area contributed by atoms with Crippen molar-refractivity contribution in [3.8, 4) is 11.5 Å². The number of nitrogens with zero attached hydrogens (tertiary/aromatic N) is 1. The van der Waals surface area contributed by atoms with Crippen molar-refractivity contribution in [1.82, 2.24) is 10.2 Å². The van der Waals surface area contributed by atoms with Crippen LogP contribution in [0.3, 0.4) is 0 Å². The molecular weight excluding hydrogens is 332 g/mol. The summed E-state index contributed by atoms with van der Waals surface area (Å²) in [7, 11) is 0. The third-order valence-electron chi connectivity index (χ3n) is 4.27. The molecule has 26 heavy (non-hydrogen) atoms. The fourth-order valence-corrected chi connectivity index (χ4v) is 2.82. The van der Waals surface area contributed by atoms with E-state index in [0.717, 1.165) is 11.1 Å². The zero-order valence-electron chi connectivity index (χ0n) is 14.9. The molecule has 0 radical (unpaired) electrons. The standard InChI is InChI=1S/C20H22N2O4/c1-14(17-6-4-3-5-7-17)21-20(24)12-22(15(2)23)11-16-8-9-18-19(10-16)26-13-25-18/h3-10,14H,11-13H2,1-2H3,(H,21,24). The third-order valence-corrected chi connectivity index (χ3v) is 4.27. The second-order valence-corrected chi connectivity index (χ2v) is 6.26. The number of fused-ring (bicyclic) bond motifs is 1. The Labute approximate surface area is 152 Å². The van der Waals surface area contributed by atoms with Gasteiger partial charge in [-0.25, -0.2) is 0 Å². The van der Waals surface area contributed by atoms with Crippen LogP contribution in [0.15, 0.2) is 48.5 Å². The van der Waals surface area contributed by atoms with E-state index in [1.165, 1.54) is 11.8 Å². The van der Waals surface area contributed by atoms with Crippen LogP contribution in [0, 0.1) is 0 Å². The number of carbonyl (C=O) groups is 2. The molecule has 2 amide bonds. The lowest BCUT2D eigenvalue weighted by Crippen LogP contribution is -2.40. The molecule has 0 aromatic heterocycles. The first-order valence-corrected chi connectivity index (χ1v) is 8.51. The van der Waals surface area contributed by atoms with Crippen molar-refractivity contribution in [3.63, 3.8) is 0 Å². The number of nitrogens with one attached hydrogen (secondary N) is 1. The fourth-order valence-electron chi connectivity index (χ4n) is 2.82. The third kappa shape index (κ3) is 4.33. The number of ether oxygens (including phenoxy) is 2. The van der Waals surface area contributed by atoms with Crippen molar-refractivity contribution in [2.24, 2.45) is 0 Å². The van der Waals surface area contributed by atoms with E-state index in [-0.39, 0.29) is 31.2 Å². The molecule has 0 bridgehead atoms. The minimum absolute atomic E-state index is 0.000941. The summed E-state index contributed by atoms with van der Waals surface area (Å²) in [6, 6.07) is 15.1. The molecule has 0 fully saturated rings. The van der Waals surface area contributed by atoms with E-state index in [2.05, 4.69) is 5.32 Å². The lowest BCUT2D eigenvalue weighted by molar-refractivity contribution is -0.135. The topological polar surface area (TPSA) is 67.9 Å². The van der Waals surface area contributed by atoms with Gasteiger partial charge in [-0.2, -0.15) is 0 Å². The Hall–Kier alpha value is -3.02. The number of hydrogen-bond donors (Lipinski definition) is 1. The van der Waals surface area contributed by atoms with Crippen LogP contribution in [0.1, 0.15) is 31.0 Å². The van der Waals surface area contributed by atoms with Crippen LogP contribution in [-0.2, 0) is 16.1 Å². The highest BCUT2D eigenvalue weighted by molar-refractivity contribution is 5.84. The SMILES string of the molecule is CC(=O)N(CC(=O)NC(C)c1ccccc1)Cc1ccc2c(c1)OCO2. The van der Waals surface area contributed by atoms with Crippen LogP contribution in [-0.4, -0.2) is 30.1 Å². The molecule has 1 N–H and O–H groups in total. The number of benzene rings is 2. The Kier molecular flexibility index (Phi) is 5.41. The first kappa shape index (κ1) is 17.8. The van der Waals surface area contributed by atoms with Gasteiger partial charge in [0.2, 0.25) is 18.6 Å². The van der Waals surface area contributed by atoms with Gasteiger partial charge in [0.1, 0.15) is 0 Å². The van der Waals surface area contributed by atoms with Crippen molar-refractivity contribution < 1.29 is 19.1 Å². The quantitative estimate of drug-likeness (QED) is 0.866. The van der Waals surface area contributed by atoms with Crippen LogP contribution in [0.25, 0.3) is 0 Å². The van der Waals surface area contributed by atoms with Gasteiger partial charge in [-0.05, 0) is 30.2 Å². The van der Waals surface area contributed by atoms with Gasteiger partial charge in [0, 0.05) is 13.5 Å². The Bertz CT molecular complexity index is 792. The summed E-state index contributed by atoms with van der Waals surface area (Å²) < 4.78 is 10.6. The second kappa shape index (κ2) is 7.91. The Morgan fingerprint density at radius 2 is 1.85 bits per heavy atom. The molecule has 2 aromatic carbocycles. The zero-order chi connectivity index (χ0) is 18.5. The van der Waals surface area contributed by atoms with E-state index >= 15 is 0 Å². The molecule has 0 spiro atoms. The van der Waals surface area contributed by atoms with E-state index in [9.17, 15) is 9.59 Å². The molecule has 3 rings (SSSR count). The summed E-state index contributed by atoms with van der Waals surface area (Å²) in [4.78, 5) is 25.8. The molecule has 1 aliphatic heterocycles. The number of hydrogen-bond acceptors (Lipinski definition) is 4. The van der Waals surface area contributed by atoms with Crippen molar-refractivity contribution in [1.29, 1.82) is 0 Å². The van der Waals surface area contributed by atoms with Gasteiger partial charge in [-0.3, -0.25) is 9.59 Å². The van der Waals surface area contributed by atoms with Crippen LogP contribution in [0.2, 0.25) is 0 Å². The number of carbonyl (C=O) groups excluding carboxylic acids is 2. The van der Waals surface area contributed by atoms with Gasteiger partial charge in [-0.15, -0.1) is 0 Å². The molecule has 6 heteroatoms. The Morgan fingerprint density at radius 1 is 1.12 bits per heavy atom. The predicted octanol–water partition coefficient (Wildman–Crippen LogP) is 2.64. The lowest BCUT2D eigenvalue weighted by atomic mass is 10.1. The van der Waals surface area contributed by atoms with E-state index in [4.69, 9.17) is 9.47 Å². The van der Waals surface area contributed by atoms with Gasteiger partial charge >= 0.3 is 0 Å². The van der Waals surface area contributed by atoms with Crippen molar-refractivity contribution in [3.05, 3.63) is 59.7 Å². The molecule has 0 saturated heterocycles. The summed E-state index contributed by atoms with van der Waals surface area (Å²) in [5, 5.41) is 2.93. The molecule has 1 atom stereocenters. The number of amides is 2. The summed E-state index contributed by atoms with van der Waals surface area (Å²) in [5.74, 6) is 0.994. The largest absolute Gasteiger partial charge is 0.454 e. The molecule has 0 aliphatic carbocycles. The van der Waals surface area contributed by atoms with Gasteiger partial charge in [-0.1, -0.05) is 36.4 Å². The fraction of sp³-hybridized carbons (Fsp3) is 0.300. The van der Waals surface area contributed by atoms with Crippen molar-refractivity contribution >= 4 is 11.8 Å². The molecule has 1 heterocycles. The van der Waals surface area contributed by atoms with Crippen LogP contribution in [0.5, 0.6) is 11.5 Å². The first-order valence-electron chi connectivity index (χ1n) is 8.51. The second-order valence-electron chi connectivity index (χ2n) is 6.26. The molecule has 2 aromatic rings. The first-order chi connectivity index (χ1) is 12.5. The van der Waals surface area contributed by atoms with Crippen LogP contribution < -0.4 is 14.8 Å². The monoisotopic (exact) mass is 354 g/mol. The maximum atomic E-state index is 12.4. The van der Waals surface area contributed by atoms with E-state index < -0.39 is 0 Å². The maximum Gasteiger partial charge on any atom is 0.240 e. The predicted molar refractivity (Wildman–Crippen MR) is 96.7 cm³/mol.